The number of carbonyl (C=O) groups is 1. The Morgan fingerprint density at radius 2 is 2.04 bits per heavy atom. The molecule has 23 heavy (non-hydrogen) atoms. The Morgan fingerprint density at radius 1 is 1.26 bits per heavy atom. The number of aromatic nitrogens is 1. The number of amidine groups is 1. The molecule has 2 heterocycles. The van der Waals surface area contributed by atoms with E-state index < -0.39 is 0 Å². The number of nitrogens with one attached hydrogen (secondary N) is 1. The van der Waals surface area contributed by atoms with Crippen molar-refractivity contribution < 1.29 is 4.79 Å². The first-order chi connectivity index (χ1) is 10.9. The quantitative estimate of drug-likeness (QED) is 0.909. The Kier molecular flexibility index (Phi) is 3.94. The van der Waals surface area contributed by atoms with E-state index in [9.17, 15) is 4.79 Å². The maximum atomic E-state index is 12.1. The standard InChI is InChI=1S/C18H18ClN3O/c1-18(10-16(20)22(2)17(23)11-18)13-6-7-21-15(9-13)12-4-3-5-14(19)8-12/h3-9,20H,10-11H2,1-2H3/t18-/m0/s1. The van der Waals surface area contributed by atoms with Gasteiger partial charge in [-0.15, -0.1) is 0 Å². The maximum absolute atomic E-state index is 12.1. The third kappa shape index (κ3) is 2.99. The lowest BCUT2D eigenvalue weighted by molar-refractivity contribution is -0.128. The number of halogens is 1. The number of hydrogen-bond donors (Lipinski definition) is 1. The van der Waals surface area contributed by atoms with Gasteiger partial charge in [0.1, 0.15) is 5.84 Å². The van der Waals surface area contributed by atoms with E-state index in [-0.39, 0.29) is 11.3 Å². The van der Waals surface area contributed by atoms with Crippen LogP contribution in [0.3, 0.4) is 0 Å². The number of rotatable bonds is 2. The van der Waals surface area contributed by atoms with Crippen molar-refractivity contribution in [1.29, 1.82) is 5.41 Å². The largest absolute Gasteiger partial charge is 0.304 e. The summed E-state index contributed by atoms with van der Waals surface area (Å²) in [6.07, 6.45) is 2.68. The predicted molar refractivity (Wildman–Crippen MR) is 91.8 cm³/mol. The Hall–Kier alpha value is -2.20. The summed E-state index contributed by atoms with van der Waals surface area (Å²) in [5.74, 6) is 0.328. The molecule has 1 amide bonds. The summed E-state index contributed by atoms with van der Waals surface area (Å²) in [5.41, 5.74) is 2.41. The van der Waals surface area contributed by atoms with E-state index in [4.69, 9.17) is 17.0 Å². The van der Waals surface area contributed by atoms with E-state index in [1.54, 1.807) is 13.2 Å². The molecule has 1 aliphatic heterocycles. The number of amides is 1. The summed E-state index contributed by atoms with van der Waals surface area (Å²) < 4.78 is 0. The molecule has 4 nitrogen and oxygen atoms in total. The first-order valence-corrected chi connectivity index (χ1v) is 7.83. The predicted octanol–water partition coefficient (Wildman–Crippen LogP) is 3.89. The molecule has 0 unspecified atom stereocenters. The average Bonchev–Trinajstić information content (AvgIpc) is 2.53. The van der Waals surface area contributed by atoms with Gasteiger partial charge in [0.15, 0.2) is 0 Å². The highest BCUT2D eigenvalue weighted by Crippen LogP contribution is 2.37. The third-order valence-corrected chi connectivity index (χ3v) is 4.69. The summed E-state index contributed by atoms with van der Waals surface area (Å²) in [4.78, 5) is 18.0. The number of hydrogen-bond acceptors (Lipinski definition) is 3. The molecule has 1 N–H and O–H groups in total. The van der Waals surface area contributed by atoms with Crippen LogP contribution in [0.5, 0.6) is 0 Å². The minimum atomic E-state index is -0.378. The van der Waals surface area contributed by atoms with Gasteiger partial charge in [0, 0.05) is 42.1 Å². The Bertz CT molecular complexity index is 769. The second kappa shape index (κ2) is 5.78. The monoisotopic (exact) mass is 327 g/mol. The number of pyridine rings is 1. The zero-order valence-electron chi connectivity index (χ0n) is 13.1. The molecule has 1 aromatic heterocycles. The summed E-state index contributed by atoms with van der Waals surface area (Å²) >= 11 is 6.06. The van der Waals surface area contributed by atoms with Crippen molar-refractivity contribution in [1.82, 2.24) is 9.88 Å². The molecule has 2 aromatic rings. The summed E-state index contributed by atoms with van der Waals surface area (Å²) in [6, 6.07) is 11.5. The zero-order chi connectivity index (χ0) is 16.6. The van der Waals surface area contributed by atoms with Crippen LogP contribution in [0.1, 0.15) is 25.3 Å². The number of piperidine rings is 1. The molecule has 1 fully saturated rings. The van der Waals surface area contributed by atoms with Gasteiger partial charge >= 0.3 is 0 Å². The van der Waals surface area contributed by atoms with E-state index in [1.165, 1.54) is 4.90 Å². The van der Waals surface area contributed by atoms with Crippen molar-refractivity contribution in [2.75, 3.05) is 7.05 Å². The molecular weight excluding hydrogens is 310 g/mol. The van der Waals surface area contributed by atoms with Gasteiger partial charge in [0.2, 0.25) is 5.91 Å². The lowest BCUT2D eigenvalue weighted by atomic mass is 9.74. The molecule has 0 aliphatic carbocycles. The first kappa shape index (κ1) is 15.7. The molecule has 0 bridgehead atoms. The summed E-state index contributed by atoms with van der Waals surface area (Å²) in [6.45, 7) is 2.03. The normalized spacial score (nSPS) is 21.6. The van der Waals surface area contributed by atoms with Crippen LogP contribution in [0.25, 0.3) is 11.3 Å². The number of likely N-dealkylation sites (tertiary alicyclic amines) is 1. The van der Waals surface area contributed by atoms with Crippen molar-refractivity contribution in [3.05, 3.63) is 53.2 Å². The van der Waals surface area contributed by atoms with Gasteiger partial charge in [-0.05, 0) is 29.8 Å². The van der Waals surface area contributed by atoms with Gasteiger partial charge in [0.25, 0.3) is 0 Å². The molecule has 5 heteroatoms. The van der Waals surface area contributed by atoms with Crippen LogP contribution >= 0.6 is 11.6 Å². The van der Waals surface area contributed by atoms with Crippen LogP contribution in [0.4, 0.5) is 0 Å². The number of carbonyl (C=O) groups excluding carboxylic acids is 1. The second-order valence-electron chi connectivity index (χ2n) is 6.25. The van der Waals surface area contributed by atoms with E-state index in [2.05, 4.69) is 4.98 Å². The van der Waals surface area contributed by atoms with Crippen molar-refractivity contribution in [2.24, 2.45) is 0 Å². The first-order valence-electron chi connectivity index (χ1n) is 7.45. The highest BCUT2D eigenvalue weighted by atomic mass is 35.5. The van der Waals surface area contributed by atoms with Crippen molar-refractivity contribution in [3.63, 3.8) is 0 Å². The number of benzene rings is 1. The number of nitrogens with zero attached hydrogens (tertiary/aromatic N) is 2. The molecule has 3 rings (SSSR count). The molecule has 0 radical (unpaired) electrons. The molecule has 118 valence electrons. The smallest absolute Gasteiger partial charge is 0.228 e. The topological polar surface area (TPSA) is 57.1 Å². The summed E-state index contributed by atoms with van der Waals surface area (Å²) in [7, 11) is 1.66. The Balaban J connectivity index is 1.99. The Morgan fingerprint density at radius 3 is 2.74 bits per heavy atom. The molecule has 1 saturated heterocycles. The van der Waals surface area contributed by atoms with Gasteiger partial charge in [-0.25, -0.2) is 0 Å². The van der Waals surface area contributed by atoms with Crippen molar-refractivity contribution in [3.8, 4) is 11.3 Å². The van der Waals surface area contributed by atoms with E-state index in [0.717, 1.165) is 16.8 Å². The fraction of sp³-hybridized carbons (Fsp3) is 0.278. The average molecular weight is 328 g/mol. The minimum Gasteiger partial charge on any atom is -0.304 e. The molecule has 1 atom stereocenters. The Labute approximate surface area is 140 Å². The third-order valence-electron chi connectivity index (χ3n) is 4.46. The fourth-order valence-corrected chi connectivity index (χ4v) is 3.16. The second-order valence-corrected chi connectivity index (χ2v) is 6.69. The van der Waals surface area contributed by atoms with Gasteiger partial charge in [-0.3, -0.25) is 15.2 Å². The van der Waals surface area contributed by atoms with Crippen LogP contribution < -0.4 is 0 Å². The van der Waals surface area contributed by atoms with Crippen LogP contribution in [0, 0.1) is 5.41 Å². The van der Waals surface area contributed by atoms with Gasteiger partial charge in [0.05, 0.1) is 5.69 Å². The molecule has 0 spiro atoms. The van der Waals surface area contributed by atoms with Crippen molar-refractivity contribution >= 4 is 23.3 Å². The lowest BCUT2D eigenvalue weighted by Crippen LogP contribution is -2.46. The van der Waals surface area contributed by atoms with Gasteiger partial charge in [-0.2, -0.15) is 0 Å². The molecule has 1 aromatic carbocycles. The van der Waals surface area contributed by atoms with Crippen molar-refractivity contribution in [2.45, 2.75) is 25.2 Å². The highest BCUT2D eigenvalue weighted by molar-refractivity contribution is 6.30. The molecule has 1 aliphatic rings. The minimum absolute atomic E-state index is 0.0233. The highest BCUT2D eigenvalue weighted by Gasteiger charge is 2.38. The summed E-state index contributed by atoms with van der Waals surface area (Å²) in [5, 5.41) is 8.71. The van der Waals surface area contributed by atoms with Gasteiger partial charge in [-0.1, -0.05) is 30.7 Å². The lowest BCUT2D eigenvalue weighted by Gasteiger charge is -2.38. The van der Waals surface area contributed by atoms with E-state index >= 15 is 0 Å². The van der Waals surface area contributed by atoms with Gasteiger partial charge < -0.3 is 4.90 Å². The van der Waals surface area contributed by atoms with Crippen LogP contribution in [0.2, 0.25) is 5.02 Å². The van der Waals surface area contributed by atoms with Crippen LogP contribution in [-0.2, 0) is 10.2 Å². The fourth-order valence-electron chi connectivity index (χ4n) is 2.97. The van der Waals surface area contributed by atoms with E-state index in [0.29, 0.717) is 23.7 Å². The van der Waals surface area contributed by atoms with Crippen LogP contribution in [-0.4, -0.2) is 28.7 Å². The molecular formula is C18H18ClN3O. The van der Waals surface area contributed by atoms with E-state index in [1.807, 2.05) is 43.3 Å². The maximum Gasteiger partial charge on any atom is 0.228 e. The molecule has 0 saturated carbocycles. The SMILES string of the molecule is CN1C(=N)C[C@](C)(c2ccnc(-c3cccc(Cl)c3)c2)CC1=O. The van der Waals surface area contributed by atoms with Crippen LogP contribution in [0.15, 0.2) is 42.6 Å². The zero-order valence-corrected chi connectivity index (χ0v) is 13.9.